The Hall–Kier alpha value is -2.62. The second-order valence-electron chi connectivity index (χ2n) is 4.82. The Bertz CT molecular complexity index is 762. The molecule has 21 heavy (non-hydrogen) atoms. The summed E-state index contributed by atoms with van der Waals surface area (Å²) in [7, 11) is 0. The number of aromatic amines is 1. The number of esters is 1. The molecule has 0 fully saturated rings. The second-order valence-corrected chi connectivity index (χ2v) is 4.82. The number of fused-ring (bicyclic) bond motifs is 1. The number of halogens is 1. The van der Waals surface area contributed by atoms with Gasteiger partial charge in [-0.05, 0) is 29.3 Å². The van der Waals surface area contributed by atoms with E-state index in [9.17, 15) is 9.18 Å². The molecule has 0 aliphatic rings. The second kappa shape index (κ2) is 5.79. The standard InChI is InChI=1S/C17H14FNO2/c18-14-7-5-12(6-8-14)11-21-17(20)9-13-10-19-16-4-2-1-3-15(13)16/h1-8,10,19H,9,11H2. The number of rotatable bonds is 4. The Kier molecular flexibility index (Phi) is 3.69. The third kappa shape index (κ3) is 3.11. The van der Waals surface area contributed by atoms with Crippen LogP contribution in [-0.4, -0.2) is 11.0 Å². The van der Waals surface area contributed by atoms with Crippen molar-refractivity contribution in [2.24, 2.45) is 0 Å². The number of ether oxygens (including phenoxy) is 1. The average molecular weight is 283 g/mol. The van der Waals surface area contributed by atoms with Crippen molar-refractivity contribution in [1.82, 2.24) is 4.98 Å². The zero-order valence-electron chi connectivity index (χ0n) is 11.3. The van der Waals surface area contributed by atoms with Crippen molar-refractivity contribution in [3.05, 3.63) is 71.7 Å². The molecule has 1 aromatic heterocycles. The topological polar surface area (TPSA) is 42.1 Å². The van der Waals surface area contributed by atoms with Crippen LogP contribution in [0.1, 0.15) is 11.1 Å². The summed E-state index contributed by atoms with van der Waals surface area (Å²) in [6, 6.07) is 13.7. The minimum atomic E-state index is -0.302. The molecule has 3 aromatic rings. The highest BCUT2D eigenvalue weighted by atomic mass is 19.1. The van der Waals surface area contributed by atoms with Gasteiger partial charge in [0, 0.05) is 17.1 Å². The fourth-order valence-corrected chi connectivity index (χ4v) is 2.23. The summed E-state index contributed by atoms with van der Waals surface area (Å²) in [5, 5.41) is 1.02. The van der Waals surface area contributed by atoms with Gasteiger partial charge in [0.1, 0.15) is 12.4 Å². The molecule has 0 atom stereocenters. The number of aromatic nitrogens is 1. The molecular weight excluding hydrogens is 269 g/mol. The van der Waals surface area contributed by atoms with E-state index in [0.717, 1.165) is 22.0 Å². The lowest BCUT2D eigenvalue weighted by molar-refractivity contribution is -0.144. The molecule has 1 N–H and O–H groups in total. The van der Waals surface area contributed by atoms with Crippen LogP contribution < -0.4 is 0 Å². The molecule has 0 radical (unpaired) electrons. The maximum Gasteiger partial charge on any atom is 0.310 e. The third-order valence-electron chi connectivity index (χ3n) is 3.32. The van der Waals surface area contributed by atoms with E-state index in [1.807, 2.05) is 30.5 Å². The van der Waals surface area contributed by atoms with Gasteiger partial charge in [0.25, 0.3) is 0 Å². The number of carbonyl (C=O) groups is 1. The Morgan fingerprint density at radius 2 is 1.86 bits per heavy atom. The van der Waals surface area contributed by atoms with Gasteiger partial charge in [0.2, 0.25) is 0 Å². The van der Waals surface area contributed by atoms with Gasteiger partial charge in [-0.3, -0.25) is 4.79 Å². The van der Waals surface area contributed by atoms with Crippen LogP contribution in [0, 0.1) is 5.82 Å². The van der Waals surface area contributed by atoms with Crippen molar-refractivity contribution in [2.75, 3.05) is 0 Å². The molecule has 1 heterocycles. The molecule has 3 nitrogen and oxygen atoms in total. The summed E-state index contributed by atoms with van der Waals surface area (Å²) in [6.45, 7) is 0.154. The van der Waals surface area contributed by atoms with Gasteiger partial charge < -0.3 is 9.72 Å². The van der Waals surface area contributed by atoms with Gasteiger partial charge in [-0.25, -0.2) is 4.39 Å². The Morgan fingerprint density at radius 1 is 1.10 bits per heavy atom. The first kappa shape index (κ1) is 13.4. The molecule has 4 heteroatoms. The minimum Gasteiger partial charge on any atom is -0.461 e. The van der Waals surface area contributed by atoms with Crippen molar-refractivity contribution in [2.45, 2.75) is 13.0 Å². The maximum absolute atomic E-state index is 12.8. The summed E-state index contributed by atoms with van der Waals surface area (Å²) in [6.07, 6.45) is 2.04. The predicted molar refractivity (Wildman–Crippen MR) is 78.2 cm³/mol. The SMILES string of the molecule is O=C(Cc1c[nH]c2ccccc12)OCc1ccc(F)cc1. The summed E-state index contributed by atoms with van der Waals surface area (Å²) >= 11 is 0. The number of para-hydroxylation sites is 1. The Balaban J connectivity index is 1.62. The number of H-pyrrole nitrogens is 1. The maximum atomic E-state index is 12.8. The van der Waals surface area contributed by atoms with Gasteiger partial charge in [-0.1, -0.05) is 30.3 Å². The summed E-state index contributed by atoms with van der Waals surface area (Å²) < 4.78 is 18.0. The number of carbonyl (C=O) groups excluding carboxylic acids is 1. The van der Waals surface area contributed by atoms with Gasteiger partial charge in [-0.15, -0.1) is 0 Å². The highest BCUT2D eigenvalue weighted by Crippen LogP contribution is 2.18. The van der Waals surface area contributed by atoms with Crippen LogP contribution in [-0.2, 0) is 22.6 Å². The monoisotopic (exact) mass is 283 g/mol. The Labute approximate surface area is 121 Å². The van der Waals surface area contributed by atoms with Gasteiger partial charge in [0.05, 0.1) is 6.42 Å². The number of nitrogens with one attached hydrogen (secondary N) is 1. The largest absolute Gasteiger partial charge is 0.461 e. The number of benzene rings is 2. The van der Waals surface area contributed by atoms with E-state index in [-0.39, 0.29) is 24.8 Å². The van der Waals surface area contributed by atoms with Gasteiger partial charge >= 0.3 is 5.97 Å². The van der Waals surface area contributed by atoms with E-state index >= 15 is 0 Å². The molecule has 2 aromatic carbocycles. The van der Waals surface area contributed by atoms with Crippen molar-refractivity contribution < 1.29 is 13.9 Å². The van der Waals surface area contributed by atoms with Crippen LogP contribution in [0.3, 0.4) is 0 Å². The molecule has 0 bridgehead atoms. The smallest absolute Gasteiger partial charge is 0.310 e. The van der Waals surface area contributed by atoms with E-state index in [1.54, 1.807) is 12.1 Å². The summed E-state index contributed by atoms with van der Waals surface area (Å²) in [4.78, 5) is 15.0. The van der Waals surface area contributed by atoms with Crippen molar-refractivity contribution in [3.63, 3.8) is 0 Å². The first-order valence-corrected chi connectivity index (χ1v) is 6.67. The van der Waals surface area contributed by atoms with E-state index < -0.39 is 0 Å². The third-order valence-corrected chi connectivity index (χ3v) is 3.32. The molecule has 3 rings (SSSR count). The zero-order chi connectivity index (χ0) is 14.7. The van der Waals surface area contributed by atoms with Crippen molar-refractivity contribution >= 4 is 16.9 Å². The predicted octanol–water partition coefficient (Wildman–Crippen LogP) is 3.59. The zero-order valence-corrected chi connectivity index (χ0v) is 11.3. The lowest BCUT2D eigenvalue weighted by Gasteiger charge is -2.04. The normalized spacial score (nSPS) is 10.7. The van der Waals surface area contributed by atoms with Gasteiger partial charge in [-0.2, -0.15) is 0 Å². The van der Waals surface area contributed by atoms with Crippen LogP contribution >= 0.6 is 0 Å². The van der Waals surface area contributed by atoms with E-state index in [4.69, 9.17) is 4.74 Å². The average Bonchev–Trinajstić information content (AvgIpc) is 2.90. The fraction of sp³-hybridized carbons (Fsp3) is 0.118. The van der Waals surface area contributed by atoms with Crippen molar-refractivity contribution in [3.8, 4) is 0 Å². The fourth-order valence-electron chi connectivity index (χ4n) is 2.23. The van der Waals surface area contributed by atoms with E-state index in [2.05, 4.69) is 4.98 Å². The molecule has 106 valence electrons. The number of hydrogen-bond donors (Lipinski definition) is 1. The molecular formula is C17H14FNO2. The van der Waals surface area contributed by atoms with Crippen LogP contribution in [0.5, 0.6) is 0 Å². The molecule has 0 saturated carbocycles. The lowest BCUT2D eigenvalue weighted by atomic mass is 10.1. The summed E-state index contributed by atoms with van der Waals surface area (Å²) in [5.41, 5.74) is 2.68. The Morgan fingerprint density at radius 3 is 2.67 bits per heavy atom. The van der Waals surface area contributed by atoms with E-state index in [0.29, 0.717) is 0 Å². The molecule has 0 amide bonds. The van der Waals surface area contributed by atoms with Crippen LogP contribution in [0.25, 0.3) is 10.9 Å². The van der Waals surface area contributed by atoms with Crippen LogP contribution in [0.15, 0.2) is 54.7 Å². The first-order valence-electron chi connectivity index (χ1n) is 6.67. The van der Waals surface area contributed by atoms with Crippen LogP contribution in [0.4, 0.5) is 4.39 Å². The summed E-state index contributed by atoms with van der Waals surface area (Å²) in [5.74, 6) is -0.604. The molecule has 0 aliphatic heterocycles. The highest BCUT2D eigenvalue weighted by molar-refractivity contribution is 5.87. The van der Waals surface area contributed by atoms with E-state index in [1.165, 1.54) is 12.1 Å². The van der Waals surface area contributed by atoms with Crippen LogP contribution in [0.2, 0.25) is 0 Å². The molecule has 0 saturated heterocycles. The molecule has 0 spiro atoms. The van der Waals surface area contributed by atoms with Crippen molar-refractivity contribution in [1.29, 1.82) is 0 Å². The molecule has 0 aliphatic carbocycles. The first-order chi connectivity index (χ1) is 10.2. The minimum absolute atomic E-state index is 0.154. The van der Waals surface area contributed by atoms with Gasteiger partial charge in [0.15, 0.2) is 0 Å². The highest BCUT2D eigenvalue weighted by Gasteiger charge is 2.09. The molecule has 0 unspecified atom stereocenters. The number of hydrogen-bond acceptors (Lipinski definition) is 2. The quantitative estimate of drug-likeness (QED) is 0.743. The lowest BCUT2D eigenvalue weighted by Crippen LogP contribution is -2.07.